The molecule has 4 aliphatic heterocycles. The van der Waals surface area contributed by atoms with E-state index >= 15 is 0 Å². The van der Waals surface area contributed by atoms with E-state index < -0.39 is 136 Å². The Labute approximate surface area is 638 Å². The molecule has 5 fully saturated rings. The fraction of sp³-hybridized carbons (Fsp3) is 0.704. The number of phosphoric ester groups is 2. The van der Waals surface area contributed by atoms with Crippen LogP contribution in [0.15, 0.2) is 43.0 Å². The molecule has 4 unspecified atom stereocenters. The fourth-order valence-corrected chi connectivity index (χ4v) is 18.5. The number of carboxylic acid groups (broad SMARTS) is 1. The van der Waals surface area contributed by atoms with Gasteiger partial charge in [0.2, 0.25) is 53.2 Å². The van der Waals surface area contributed by atoms with Gasteiger partial charge in [-0.15, -0.1) is 11.8 Å². The third kappa shape index (κ3) is 22.8. The van der Waals surface area contributed by atoms with Crippen LogP contribution in [0.3, 0.4) is 0 Å². The highest BCUT2D eigenvalue weighted by Gasteiger charge is 2.53. The first kappa shape index (κ1) is 87.5. The second-order valence-electron chi connectivity index (χ2n) is 29.9. The predicted octanol–water partition coefficient (Wildman–Crippen LogP) is 4.02. The molecule has 10 N–H and O–H groups in total. The molecule has 38 heteroatoms. The van der Waals surface area contributed by atoms with Gasteiger partial charge >= 0.3 is 21.6 Å². The van der Waals surface area contributed by atoms with Gasteiger partial charge in [-0.25, -0.2) is 28.9 Å². The van der Waals surface area contributed by atoms with Crippen LogP contribution in [0.5, 0.6) is 0 Å². The molecule has 1 aliphatic carbocycles. The SMILES string of the molecule is CC[C@H](C)[C@@H]([C@@H](CC(=O)N1CCC[C@H]1[C@H](OC)[C@@H](C)C(=O)N[C@@H](Cc1ccccc1)C(=O)O)OC)N(C)C(=O)[C@@H](NC(=O)C1[C@H]2CC[C@@H](C2)N1C(=O)CCCCCN1C(=O)CC(SCCNC(=O)CCNC(=O)[C@H](O)C(C)(C)COP(=O)(O)OP(=O)(O)OC[C@@H]2CC[C@H](n3cnc4c(N)ncnc43)O2)C1=O)C(C)C. The van der Waals surface area contributed by atoms with Crippen LogP contribution in [0.25, 0.3) is 11.2 Å². The van der Waals surface area contributed by atoms with Crippen molar-refractivity contribution in [1.82, 2.24) is 60.4 Å². The molecule has 6 heterocycles. The summed E-state index contributed by atoms with van der Waals surface area (Å²) in [5, 5.41) is 31.0. The summed E-state index contributed by atoms with van der Waals surface area (Å²) < 4.78 is 59.3. The highest BCUT2D eigenvalue weighted by molar-refractivity contribution is 8.00. The van der Waals surface area contributed by atoms with Crippen molar-refractivity contribution >= 4 is 104 Å². The first-order valence-electron chi connectivity index (χ1n) is 37.3. The number of likely N-dealkylation sites (tertiary alicyclic amines) is 3. The molecule has 606 valence electrons. The monoisotopic (exact) mass is 1590 g/mol. The summed E-state index contributed by atoms with van der Waals surface area (Å²) in [5.41, 5.74) is 5.80. The van der Waals surface area contributed by atoms with Crippen molar-refractivity contribution < 1.29 is 105 Å². The number of imidazole rings is 1. The molecule has 2 bridgehead atoms. The molecule has 5 aliphatic rings. The number of unbranched alkanes of at least 4 members (excludes halogenated alkanes) is 2. The van der Waals surface area contributed by atoms with Gasteiger partial charge in [0.15, 0.2) is 11.5 Å². The number of thioether (sulfide) groups is 1. The van der Waals surface area contributed by atoms with Gasteiger partial charge in [-0.2, -0.15) is 4.31 Å². The van der Waals surface area contributed by atoms with E-state index in [-0.39, 0.29) is 117 Å². The van der Waals surface area contributed by atoms with Crippen molar-refractivity contribution in [2.24, 2.45) is 29.1 Å². The maximum absolute atomic E-state index is 14.9. The highest BCUT2D eigenvalue weighted by Crippen LogP contribution is 2.61. The van der Waals surface area contributed by atoms with Gasteiger partial charge in [0, 0.05) is 90.3 Å². The van der Waals surface area contributed by atoms with E-state index in [0.29, 0.717) is 75.5 Å². The van der Waals surface area contributed by atoms with Crippen molar-refractivity contribution in [3.05, 3.63) is 48.5 Å². The quantitative estimate of drug-likeness (QED) is 0.0219. The topological polar surface area (TPSA) is 472 Å². The molecule has 4 saturated heterocycles. The number of carbonyl (C=O) groups excluding carboxylic acids is 9. The van der Waals surface area contributed by atoms with Gasteiger partial charge < -0.3 is 75.9 Å². The summed E-state index contributed by atoms with van der Waals surface area (Å²) >= 11 is 1.20. The maximum atomic E-state index is 14.9. The van der Waals surface area contributed by atoms with Crippen LogP contribution in [-0.2, 0) is 91.1 Å². The number of carbonyl (C=O) groups is 10. The predicted molar refractivity (Wildman–Crippen MR) is 396 cm³/mol. The van der Waals surface area contributed by atoms with Gasteiger partial charge in [0.1, 0.15) is 42.3 Å². The molecule has 9 amide bonds. The number of likely N-dealkylation sites (N-methyl/N-ethyl adjacent to an activating group) is 1. The van der Waals surface area contributed by atoms with E-state index in [0.717, 1.165) is 18.4 Å². The molecule has 0 radical (unpaired) electrons. The number of hydrogen-bond donors (Lipinski definition) is 9. The van der Waals surface area contributed by atoms with Crippen LogP contribution >= 0.6 is 27.4 Å². The van der Waals surface area contributed by atoms with Crippen LogP contribution in [0.1, 0.15) is 157 Å². The summed E-state index contributed by atoms with van der Waals surface area (Å²) in [4.78, 5) is 175. The lowest BCUT2D eigenvalue weighted by Gasteiger charge is -2.41. The minimum absolute atomic E-state index is 0.0332. The molecule has 35 nitrogen and oxygen atoms in total. The average Bonchev–Trinajstić information content (AvgIpc) is 1.62. The number of piperidine rings is 1. The largest absolute Gasteiger partial charge is 0.481 e. The molecule has 3 aromatic rings. The summed E-state index contributed by atoms with van der Waals surface area (Å²) in [5.74, 6) is -6.19. The number of imide groups is 1. The molecule has 2 aromatic heterocycles. The number of aliphatic hydroxyl groups is 1. The maximum Gasteiger partial charge on any atom is 0.481 e. The Hall–Kier alpha value is -7.08. The molecule has 0 spiro atoms. The minimum Gasteiger partial charge on any atom is -0.480 e. The number of aliphatic hydroxyl groups excluding tert-OH is 1. The lowest BCUT2D eigenvalue weighted by atomic mass is 9.87. The molecule has 1 saturated carbocycles. The number of hydrogen-bond acceptors (Lipinski definition) is 24. The van der Waals surface area contributed by atoms with Gasteiger partial charge in [0.25, 0.3) is 0 Å². The zero-order valence-corrected chi connectivity index (χ0v) is 66.2. The third-order valence-corrected chi connectivity index (χ3v) is 25.2. The molecular weight excluding hydrogens is 1480 g/mol. The second kappa shape index (κ2) is 39.4. The van der Waals surface area contributed by atoms with Crippen molar-refractivity contribution in [3.63, 3.8) is 0 Å². The van der Waals surface area contributed by atoms with E-state index in [2.05, 4.69) is 40.5 Å². The molecule has 109 heavy (non-hydrogen) atoms. The van der Waals surface area contributed by atoms with Crippen LogP contribution in [0.4, 0.5) is 5.82 Å². The summed E-state index contributed by atoms with van der Waals surface area (Å²) in [7, 11) is -5.96. The van der Waals surface area contributed by atoms with Gasteiger partial charge in [-0.05, 0) is 81.1 Å². The third-order valence-electron chi connectivity index (χ3n) is 21.4. The number of fused-ring (bicyclic) bond motifs is 3. The average molecular weight is 1590 g/mol. The Morgan fingerprint density at radius 2 is 1.59 bits per heavy atom. The van der Waals surface area contributed by atoms with Gasteiger partial charge in [-0.3, -0.25) is 61.7 Å². The number of ether oxygens (including phenoxy) is 3. The summed E-state index contributed by atoms with van der Waals surface area (Å²) in [6.07, 6.45) is 3.89. The smallest absolute Gasteiger partial charge is 0.480 e. The Morgan fingerprint density at radius 3 is 2.28 bits per heavy atom. The van der Waals surface area contributed by atoms with E-state index in [4.69, 9.17) is 29.0 Å². The van der Waals surface area contributed by atoms with Crippen molar-refractivity contribution in [2.75, 3.05) is 72.1 Å². The summed E-state index contributed by atoms with van der Waals surface area (Å²) in [6.45, 7) is 11.0. The van der Waals surface area contributed by atoms with Gasteiger partial charge in [0.05, 0.1) is 67.5 Å². The zero-order chi connectivity index (χ0) is 79.8. The number of nitrogens with zero attached hydrogens (tertiary/aromatic N) is 8. The molecule has 8 rings (SSSR count). The standard InChI is InChI=1S/C71H109N13O22P2S/c1-11-42(4)59(50(101-9)35-54(87)81-31-18-21-49(81)61(102-10)43(5)65(90)78-48(70(95)96)33-44-19-14-12-15-20-44)80(8)69(94)57(41(2)3)79-66(91)60-45-23-24-46(34-45)84(60)53(86)22-16-13-17-30-82-55(88)36-51(68(82)93)109-32-29-73-52(85)27-28-74-67(92)62(89)71(6,7)38-104-108(99,100)106-107(97,98)103-37-47-25-26-56(105-47)83-40-77-58-63(72)75-39-76-64(58)83/h12,14-15,19-20,39-43,45-51,56-57,59-62,89H,11,13,16-18,21-38H2,1-10H3,(H,73,85)(H,74,92)(H,78,90)(H,79,91)(H,95,96)(H,97,98)(H,99,100)(H2,72,75,76)/t42-,43+,45-,46-,47-,48-,49-,50+,51?,56+,57-,59-,60?,61+,62-/m0/s1. The van der Waals surface area contributed by atoms with Crippen molar-refractivity contribution in [1.29, 1.82) is 0 Å². The number of nitrogens with one attached hydrogen (secondary N) is 4. The van der Waals surface area contributed by atoms with Crippen LogP contribution in [0.2, 0.25) is 0 Å². The van der Waals surface area contributed by atoms with E-state index in [1.165, 1.54) is 57.4 Å². The number of nitrogens with two attached hydrogens (primary N) is 1. The number of aromatic nitrogens is 4. The van der Waals surface area contributed by atoms with Gasteiger partial charge in [-0.1, -0.05) is 91.6 Å². The van der Waals surface area contributed by atoms with Crippen molar-refractivity contribution in [2.45, 2.75) is 223 Å². The van der Waals surface area contributed by atoms with Crippen LogP contribution < -0.4 is 27.0 Å². The number of rotatable bonds is 43. The number of amides is 9. The minimum atomic E-state index is -5.33. The number of carboxylic acids is 1. The van der Waals surface area contributed by atoms with E-state index in [9.17, 15) is 77.1 Å². The van der Waals surface area contributed by atoms with Crippen LogP contribution in [-0.4, -0.2) is 251 Å². The highest BCUT2D eigenvalue weighted by atomic mass is 32.2. The first-order chi connectivity index (χ1) is 51.6. The Kier molecular flexibility index (Phi) is 31.6. The number of benzene rings is 1. The number of methoxy groups -OCH3 is 2. The Morgan fingerprint density at radius 1 is 0.862 bits per heavy atom. The number of aliphatic carboxylic acids is 1. The Bertz CT molecular complexity index is 3790. The molecule has 1 aromatic carbocycles. The lowest BCUT2D eigenvalue weighted by Crippen LogP contribution is -2.60. The summed E-state index contributed by atoms with van der Waals surface area (Å²) in [6, 6.07) is 4.69. The molecular formula is C71H109N13O22P2S. The van der Waals surface area contributed by atoms with E-state index in [1.54, 1.807) is 57.5 Å². The normalized spacial score (nSPS) is 23.4. The van der Waals surface area contributed by atoms with Crippen LogP contribution in [0, 0.1) is 29.1 Å². The second-order valence-corrected chi connectivity index (χ2v) is 34.2. The molecule has 17 atom stereocenters. The fourth-order valence-electron chi connectivity index (χ4n) is 15.2. The lowest BCUT2D eigenvalue weighted by molar-refractivity contribution is -0.149. The Balaban J connectivity index is 0.717. The number of phosphoric acid groups is 2. The number of nitrogen functional groups attached to an aromatic ring is 1. The van der Waals surface area contributed by atoms with E-state index in [1.807, 2.05) is 33.8 Å². The number of anilines is 1. The first-order valence-corrected chi connectivity index (χ1v) is 41.4. The zero-order valence-electron chi connectivity index (χ0n) is 63.6. The van der Waals surface area contributed by atoms with Crippen molar-refractivity contribution in [3.8, 4) is 0 Å².